The van der Waals surface area contributed by atoms with Gasteiger partial charge in [-0.1, -0.05) is 38.3 Å². The van der Waals surface area contributed by atoms with Crippen LogP contribution in [0.1, 0.15) is 82.8 Å². The molecule has 9 heteroatoms. The summed E-state index contributed by atoms with van der Waals surface area (Å²) in [6.07, 6.45) is 6.59. The zero-order valence-corrected chi connectivity index (χ0v) is 21.2. The summed E-state index contributed by atoms with van der Waals surface area (Å²) in [5.41, 5.74) is 1.70. The minimum absolute atomic E-state index is 0.183. The van der Waals surface area contributed by atoms with Crippen molar-refractivity contribution in [1.82, 2.24) is 0 Å². The lowest BCUT2D eigenvalue weighted by Crippen LogP contribution is -2.24. The molecule has 0 saturated carbocycles. The number of rotatable bonds is 16. The summed E-state index contributed by atoms with van der Waals surface area (Å²) < 4.78 is 43.2. The second kappa shape index (κ2) is 14.9. The van der Waals surface area contributed by atoms with Gasteiger partial charge in [0, 0.05) is 18.9 Å². The maximum Gasteiger partial charge on any atom is 0.313 e. The van der Waals surface area contributed by atoms with Gasteiger partial charge in [-0.2, -0.15) is 8.42 Å². The summed E-state index contributed by atoms with van der Waals surface area (Å²) in [6, 6.07) is 5.60. The van der Waals surface area contributed by atoms with Gasteiger partial charge < -0.3 is 14.2 Å². The number of hydrogen-bond donors (Lipinski definition) is 0. The van der Waals surface area contributed by atoms with Gasteiger partial charge >= 0.3 is 11.9 Å². The highest BCUT2D eigenvalue weighted by Gasteiger charge is 2.25. The van der Waals surface area contributed by atoms with Crippen LogP contribution in [0.2, 0.25) is 0 Å². The maximum atomic E-state index is 12.4. The van der Waals surface area contributed by atoms with Crippen molar-refractivity contribution in [3.63, 3.8) is 0 Å². The van der Waals surface area contributed by atoms with Crippen molar-refractivity contribution < 1.29 is 36.4 Å². The molecule has 0 bridgehead atoms. The Labute approximate surface area is 198 Å². The lowest BCUT2D eigenvalue weighted by Gasteiger charge is -2.24. The molecule has 0 radical (unpaired) electrons. The normalized spacial score (nSPS) is 13.2. The second-order valence-corrected chi connectivity index (χ2v) is 9.71. The topological polar surface area (TPSA) is 105 Å². The van der Waals surface area contributed by atoms with Crippen LogP contribution in [0, 0.1) is 0 Å². The first-order valence-electron chi connectivity index (χ1n) is 11.5. The minimum Gasteiger partial charge on any atom is -0.469 e. The van der Waals surface area contributed by atoms with Gasteiger partial charge in [0.15, 0.2) is 0 Å². The van der Waals surface area contributed by atoms with E-state index < -0.39 is 28.3 Å². The van der Waals surface area contributed by atoms with Crippen molar-refractivity contribution in [2.24, 2.45) is 0 Å². The Morgan fingerprint density at radius 1 is 1.06 bits per heavy atom. The smallest absolute Gasteiger partial charge is 0.313 e. The molecule has 0 aliphatic rings. The molecule has 1 aromatic carbocycles. The molecule has 0 N–H and O–H groups in total. The average Bonchev–Trinajstić information content (AvgIpc) is 2.74. The Bertz CT molecular complexity index is 850. The first-order valence-corrected chi connectivity index (χ1v) is 13.3. The molecule has 2 unspecified atom stereocenters. The van der Waals surface area contributed by atoms with E-state index in [-0.39, 0.29) is 12.6 Å². The molecular formula is C24H38O8S. The Balaban J connectivity index is 2.94. The third kappa shape index (κ3) is 11.5. The van der Waals surface area contributed by atoms with Crippen LogP contribution in [-0.4, -0.2) is 46.6 Å². The zero-order valence-electron chi connectivity index (χ0n) is 20.4. The number of ether oxygens (including phenoxy) is 3. The second-order valence-electron chi connectivity index (χ2n) is 8.06. The van der Waals surface area contributed by atoms with E-state index in [1.165, 1.54) is 14.0 Å². The van der Waals surface area contributed by atoms with Crippen molar-refractivity contribution in [2.75, 3.05) is 20.0 Å². The van der Waals surface area contributed by atoms with Crippen LogP contribution in [-0.2, 0) is 39.8 Å². The third-order valence-electron chi connectivity index (χ3n) is 5.13. The van der Waals surface area contributed by atoms with Crippen LogP contribution in [0.15, 0.2) is 18.2 Å². The molecule has 0 spiro atoms. The van der Waals surface area contributed by atoms with E-state index in [2.05, 4.69) is 0 Å². The Hall–Kier alpha value is -2.13. The average molecular weight is 487 g/mol. The number of aryl methyl sites for hydroxylation is 1. The Morgan fingerprint density at radius 2 is 1.76 bits per heavy atom. The standard InChI is InChI=1S/C24H38O8S/c1-6-7-16-22(31-19(3)25)32-21-15-12-14-20(23(21)18(2)24(26)29-4)13-10-8-9-11-17-30-33(5,27)28/h12,14-15,18,22H,6-11,13,16-17H2,1-5H3. The van der Waals surface area contributed by atoms with Gasteiger partial charge in [0.2, 0.25) is 6.29 Å². The quantitative estimate of drug-likeness (QED) is 0.146. The molecule has 8 nitrogen and oxygen atoms in total. The Morgan fingerprint density at radius 3 is 2.36 bits per heavy atom. The van der Waals surface area contributed by atoms with Crippen LogP contribution in [0.3, 0.4) is 0 Å². The highest BCUT2D eigenvalue weighted by molar-refractivity contribution is 7.85. The van der Waals surface area contributed by atoms with Gasteiger partial charge in [-0.15, -0.1) is 0 Å². The predicted molar refractivity (Wildman–Crippen MR) is 126 cm³/mol. The number of carbonyl (C=O) groups excluding carboxylic acids is 2. The van der Waals surface area contributed by atoms with Crippen LogP contribution in [0.4, 0.5) is 0 Å². The summed E-state index contributed by atoms with van der Waals surface area (Å²) in [7, 11) is -2.05. The first-order chi connectivity index (χ1) is 15.6. The van der Waals surface area contributed by atoms with Gasteiger partial charge in [0.25, 0.3) is 10.1 Å². The van der Waals surface area contributed by atoms with Gasteiger partial charge in [-0.3, -0.25) is 13.8 Å². The van der Waals surface area contributed by atoms with E-state index >= 15 is 0 Å². The highest BCUT2D eigenvalue weighted by atomic mass is 32.2. The summed E-state index contributed by atoms with van der Waals surface area (Å²) in [5, 5.41) is 0. The van der Waals surface area contributed by atoms with Crippen LogP contribution >= 0.6 is 0 Å². The number of methoxy groups -OCH3 is 1. The Kier molecular flexibility index (Phi) is 13.1. The first kappa shape index (κ1) is 28.9. The summed E-state index contributed by atoms with van der Waals surface area (Å²) in [6.45, 7) is 5.34. The molecule has 0 fully saturated rings. The van der Waals surface area contributed by atoms with E-state index in [4.69, 9.17) is 18.4 Å². The molecule has 0 saturated heterocycles. The lowest BCUT2D eigenvalue weighted by atomic mass is 9.91. The third-order valence-corrected chi connectivity index (χ3v) is 5.73. The number of hydrogen-bond acceptors (Lipinski definition) is 8. The van der Waals surface area contributed by atoms with Gasteiger partial charge in [-0.25, -0.2) is 0 Å². The molecule has 0 aliphatic carbocycles. The van der Waals surface area contributed by atoms with Crippen molar-refractivity contribution in [3.8, 4) is 5.75 Å². The van der Waals surface area contributed by atoms with Crippen molar-refractivity contribution >= 4 is 22.1 Å². The van der Waals surface area contributed by atoms with Crippen molar-refractivity contribution in [2.45, 2.75) is 84.3 Å². The molecular weight excluding hydrogens is 448 g/mol. The van der Waals surface area contributed by atoms with E-state index in [1.807, 2.05) is 19.1 Å². The van der Waals surface area contributed by atoms with Crippen LogP contribution in [0.25, 0.3) is 0 Å². The van der Waals surface area contributed by atoms with Gasteiger partial charge in [-0.05, 0) is 44.2 Å². The van der Waals surface area contributed by atoms with Crippen molar-refractivity contribution in [1.29, 1.82) is 0 Å². The monoisotopic (exact) mass is 486 g/mol. The van der Waals surface area contributed by atoms with Crippen LogP contribution in [0.5, 0.6) is 5.75 Å². The molecule has 0 aromatic heterocycles. The number of carbonyl (C=O) groups is 2. The maximum absolute atomic E-state index is 12.4. The fourth-order valence-corrected chi connectivity index (χ4v) is 3.94. The molecule has 0 heterocycles. The SMILES string of the molecule is CCCCC(OC(C)=O)Oc1cccc(CCCCCCOS(C)(=O)=O)c1C(C)C(=O)OC. The fraction of sp³-hybridized carbons (Fsp3) is 0.667. The van der Waals surface area contributed by atoms with Gasteiger partial charge in [0.05, 0.1) is 25.9 Å². The fourth-order valence-electron chi connectivity index (χ4n) is 3.52. The molecule has 1 rings (SSSR count). The molecule has 33 heavy (non-hydrogen) atoms. The summed E-state index contributed by atoms with van der Waals surface area (Å²) in [5.74, 6) is -0.833. The molecule has 188 valence electrons. The van der Waals surface area contributed by atoms with E-state index in [9.17, 15) is 18.0 Å². The van der Waals surface area contributed by atoms with Gasteiger partial charge in [0.1, 0.15) is 5.75 Å². The van der Waals surface area contributed by atoms with Crippen molar-refractivity contribution in [3.05, 3.63) is 29.3 Å². The minimum atomic E-state index is -3.40. The predicted octanol–water partition coefficient (Wildman–Crippen LogP) is 4.50. The largest absolute Gasteiger partial charge is 0.469 e. The highest BCUT2D eigenvalue weighted by Crippen LogP contribution is 2.33. The van der Waals surface area contributed by atoms with E-state index in [1.54, 1.807) is 13.0 Å². The summed E-state index contributed by atoms with van der Waals surface area (Å²) in [4.78, 5) is 23.9. The molecule has 1 aromatic rings. The molecule has 0 amide bonds. The zero-order chi connectivity index (χ0) is 24.9. The number of unbranched alkanes of at least 4 members (excludes halogenated alkanes) is 4. The van der Waals surface area contributed by atoms with E-state index in [0.29, 0.717) is 25.0 Å². The number of benzene rings is 1. The van der Waals surface area contributed by atoms with E-state index in [0.717, 1.165) is 49.5 Å². The van der Waals surface area contributed by atoms with Crippen LogP contribution < -0.4 is 4.74 Å². The molecule has 0 aliphatic heterocycles. The number of esters is 2. The lowest BCUT2D eigenvalue weighted by molar-refractivity contribution is -0.162. The molecule has 2 atom stereocenters. The summed E-state index contributed by atoms with van der Waals surface area (Å²) >= 11 is 0.